The fourth-order valence-corrected chi connectivity index (χ4v) is 1.64. The first-order chi connectivity index (χ1) is 9.29. The van der Waals surface area contributed by atoms with E-state index >= 15 is 0 Å². The number of ether oxygens (including phenoxy) is 1. The van der Waals surface area contributed by atoms with Crippen LogP contribution in [0.1, 0.15) is 12.5 Å². The predicted molar refractivity (Wildman–Crippen MR) is 70.1 cm³/mol. The van der Waals surface area contributed by atoms with Crippen LogP contribution >= 0.6 is 0 Å². The Morgan fingerprint density at radius 1 is 1.50 bits per heavy atom. The Morgan fingerprint density at radius 3 is 2.55 bits per heavy atom. The van der Waals surface area contributed by atoms with Crippen LogP contribution in [0.2, 0.25) is 0 Å². The summed E-state index contributed by atoms with van der Waals surface area (Å²) in [6.45, 7) is 6.56. The van der Waals surface area contributed by atoms with Crippen molar-refractivity contribution in [3.05, 3.63) is 40.5 Å². The van der Waals surface area contributed by atoms with Gasteiger partial charge in [0, 0.05) is 26.4 Å². The van der Waals surface area contributed by atoms with Crippen molar-refractivity contribution in [1.29, 1.82) is 0 Å². The molecule has 1 aromatic heterocycles. The van der Waals surface area contributed by atoms with Gasteiger partial charge in [-0.05, 0) is 17.3 Å². The number of nitrogens with zero attached hydrogens (tertiary/aromatic N) is 3. The highest BCUT2D eigenvalue weighted by atomic mass is 19.4. The largest absolute Gasteiger partial charge is 0.418 e. The van der Waals surface area contributed by atoms with Crippen LogP contribution in [0.4, 0.5) is 13.2 Å². The summed E-state index contributed by atoms with van der Waals surface area (Å²) < 4.78 is 44.0. The number of aryl methyl sites for hydroxylation is 1. The minimum Gasteiger partial charge on any atom is -0.368 e. The standard InChI is InChI=1S/C13H15F3N3O/c1-9(12(20-4)13(14,15)16)5-6-11(17-2)10-7-18-19(3)8-10/h2,5-8,12H,1,3-4H3/q+1/b9-5+,11-6-. The SMILES string of the molecule is C#[N+]/C(=C\C=C(/C)C(OC)C(F)(F)F)c1cnn(C)c1. The van der Waals surface area contributed by atoms with Gasteiger partial charge in [0.15, 0.2) is 6.10 Å². The molecule has 1 atom stereocenters. The molecule has 1 rings (SSSR count). The van der Waals surface area contributed by atoms with Gasteiger partial charge < -0.3 is 4.74 Å². The van der Waals surface area contributed by atoms with Crippen LogP contribution in [0.5, 0.6) is 0 Å². The Hall–Kier alpha value is -2.07. The molecule has 1 unspecified atom stereocenters. The van der Waals surface area contributed by atoms with Crippen molar-refractivity contribution in [3.8, 4) is 6.57 Å². The number of hydrogen-bond acceptors (Lipinski definition) is 2. The van der Waals surface area contributed by atoms with E-state index in [0.29, 0.717) is 11.3 Å². The minimum atomic E-state index is -4.46. The molecular weight excluding hydrogens is 271 g/mol. The Kier molecular flexibility index (Phi) is 5.11. The van der Waals surface area contributed by atoms with E-state index in [9.17, 15) is 13.2 Å². The number of aromatic nitrogens is 2. The van der Waals surface area contributed by atoms with Crippen LogP contribution in [0, 0.1) is 6.57 Å². The Morgan fingerprint density at radius 2 is 2.15 bits per heavy atom. The van der Waals surface area contributed by atoms with Gasteiger partial charge in [0.1, 0.15) is 5.56 Å². The first kappa shape index (κ1) is 16.0. The lowest BCUT2D eigenvalue weighted by atomic mass is 10.1. The summed E-state index contributed by atoms with van der Waals surface area (Å²) in [6.07, 6.45) is -0.569. The fraction of sp³-hybridized carbons (Fsp3) is 0.385. The van der Waals surface area contributed by atoms with E-state index in [0.717, 1.165) is 7.11 Å². The molecule has 7 heteroatoms. The van der Waals surface area contributed by atoms with Crippen molar-refractivity contribution in [2.45, 2.75) is 19.2 Å². The lowest BCUT2D eigenvalue weighted by molar-refractivity contribution is -0.199. The number of rotatable bonds is 4. The molecule has 0 saturated carbocycles. The first-order valence-corrected chi connectivity index (χ1v) is 5.67. The number of halogens is 3. The molecule has 108 valence electrons. The van der Waals surface area contributed by atoms with Gasteiger partial charge >= 0.3 is 11.9 Å². The summed E-state index contributed by atoms with van der Waals surface area (Å²) >= 11 is 0. The average Bonchev–Trinajstić information content (AvgIpc) is 2.75. The highest BCUT2D eigenvalue weighted by Crippen LogP contribution is 2.28. The van der Waals surface area contributed by atoms with Gasteiger partial charge in [-0.2, -0.15) is 18.3 Å². The maximum Gasteiger partial charge on any atom is 0.418 e. The van der Waals surface area contributed by atoms with Crippen LogP contribution in [0.15, 0.2) is 30.1 Å². The average molecular weight is 286 g/mol. The molecular formula is C13H15F3N3O+. The molecule has 0 saturated heterocycles. The minimum absolute atomic E-state index is 0.00467. The van der Waals surface area contributed by atoms with Gasteiger partial charge in [-0.15, -0.1) is 0 Å². The molecule has 1 heterocycles. The predicted octanol–water partition coefficient (Wildman–Crippen LogP) is 3.25. The Balaban J connectivity index is 3.03. The molecule has 0 aliphatic carbocycles. The van der Waals surface area contributed by atoms with Crippen LogP contribution in [-0.2, 0) is 11.8 Å². The third kappa shape index (κ3) is 3.96. The van der Waals surface area contributed by atoms with Crippen molar-refractivity contribution >= 4 is 5.70 Å². The third-order valence-corrected chi connectivity index (χ3v) is 2.59. The molecule has 4 nitrogen and oxygen atoms in total. The van der Waals surface area contributed by atoms with E-state index in [1.807, 2.05) is 0 Å². The zero-order chi connectivity index (χ0) is 15.3. The van der Waals surface area contributed by atoms with Crippen molar-refractivity contribution in [1.82, 2.24) is 9.78 Å². The Bertz CT molecular complexity index is 564. The second-order valence-electron chi connectivity index (χ2n) is 4.15. The van der Waals surface area contributed by atoms with Gasteiger partial charge in [0.05, 0.1) is 6.20 Å². The van der Waals surface area contributed by atoms with E-state index in [1.54, 1.807) is 17.9 Å². The van der Waals surface area contributed by atoms with Crippen LogP contribution in [-0.4, -0.2) is 29.2 Å². The van der Waals surface area contributed by atoms with Crippen molar-refractivity contribution < 1.29 is 17.9 Å². The third-order valence-electron chi connectivity index (χ3n) is 2.59. The summed E-state index contributed by atoms with van der Waals surface area (Å²) in [6, 6.07) is 0. The maximum atomic E-state index is 12.7. The summed E-state index contributed by atoms with van der Waals surface area (Å²) in [5, 5.41) is 3.94. The topological polar surface area (TPSA) is 31.4 Å². The van der Waals surface area contributed by atoms with Crippen LogP contribution in [0.3, 0.4) is 0 Å². The Labute approximate surface area is 115 Å². The molecule has 20 heavy (non-hydrogen) atoms. The molecule has 0 aliphatic rings. The van der Waals surface area contributed by atoms with Gasteiger partial charge in [-0.25, -0.2) is 0 Å². The molecule has 0 N–H and O–H groups in total. The lowest BCUT2D eigenvalue weighted by Crippen LogP contribution is -2.31. The molecule has 0 aromatic carbocycles. The van der Waals surface area contributed by atoms with Gasteiger partial charge in [0.25, 0.3) is 6.57 Å². The molecule has 0 radical (unpaired) electrons. The second-order valence-corrected chi connectivity index (χ2v) is 4.15. The smallest absolute Gasteiger partial charge is 0.368 e. The number of alkyl halides is 3. The normalized spacial score (nSPS) is 15.1. The zero-order valence-corrected chi connectivity index (χ0v) is 11.3. The highest BCUT2D eigenvalue weighted by molar-refractivity contribution is 5.71. The van der Waals surface area contributed by atoms with Gasteiger partial charge in [-0.3, -0.25) is 4.68 Å². The van der Waals surface area contributed by atoms with Gasteiger partial charge in [-0.1, -0.05) is 6.08 Å². The van der Waals surface area contributed by atoms with Gasteiger partial charge in [0.2, 0.25) is 0 Å². The first-order valence-electron chi connectivity index (χ1n) is 5.67. The number of methoxy groups -OCH3 is 1. The quantitative estimate of drug-likeness (QED) is 0.796. The van der Waals surface area contributed by atoms with E-state index in [4.69, 9.17) is 6.57 Å². The molecule has 0 spiro atoms. The summed E-state index contributed by atoms with van der Waals surface area (Å²) in [5.41, 5.74) is 0.944. The number of hydrogen-bond donors (Lipinski definition) is 0. The summed E-state index contributed by atoms with van der Waals surface area (Å²) in [5.74, 6) is 0. The molecule has 0 aliphatic heterocycles. The highest BCUT2D eigenvalue weighted by Gasteiger charge is 2.40. The monoisotopic (exact) mass is 286 g/mol. The summed E-state index contributed by atoms with van der Waals surface area (Å²) in [7, 11) is 2.72. The molecule has 0 bridgehead atoms. The summed E-state index contributed by atoms with van der Waals surface area (Å²) in [4.78, 5) is 3.53. The van der Waals surface area contributed by atoms with Crippen molar-refractivity contribution in [2.24, 2.45) is 7.05 Å². The zero-order valence-electron chi connectivity index (χ0n) is 11.3. The van der Waals surface area contributed by atoms with E-state index in [2.05, 4.69) is 14.7 Å². The fourth-order valence-electron chi connectivity index (χ4n) is 1.64. The number of allylic oxidation sites excluding steroid dienone is 2. The lowest BCUT2D eigenvalue weighted by Gasteiger charge is -2.18. The van der Waals surface area contributed by atoms with Crippen LogP contribution in [0.25, 0.3) is 10.5 Å². The van der Waals surface area contributed by atoms with Crippen molar-refractivity contribution in [3.63, 3.8) is 0 Å². The van der Waals surface area contributed by atoms with Crippen LogP contribution < -0.4 is 0 Å². The van der Waals surface area contributed by atoms with E-state index < -0.39 is 12.3 Å². The molecule has 0 amide bonds. The van der Waals surface area contributed by atoms with E-state index in [1.165, 1.54) is 25.3 Å². The van der Waals surface area contributed by atoms with E-state index in [-0.39, 0.29) is 5.57 Å². The second kappa shape index (κ2) is 6.39. The van der Waals surface area contributed by atoms with Crippen molar-refractivity contribution in [2.75, 3.05) is 7.11 Å². The maximum absolute atomic E-state index is 12.7. The molecule has 0 fully saturated rings. The molecule has 1 aromatic rings.